The van der Waals surface area contributed by atoms with Crippen molar-refractivity contribution in [2.75, 3.05) is 0 Å². The molecular weight excluding hydrogens is 283 g/mol. The zero-order valence-electron chi connectivity index (χ0n) is 10.0. The quantitative estimate of drug-likeness (QED) is 0.897. The molecule has 0 radical (unpaired) electrons. The average molecular weight is 296 g/mol. The number of rotatable bonds is 4. The number of carbonyl (C=O) groups is 1. The third-order valence-corrected chi connectivity index (χ3v) is 3.17. The summed E-state index contributed by atoms with van der Waals surface area (Å²) in [6, 6.07) is 1.91. The molecule has 2 atom stereocenters. The Hall–Kier alpha value is -1.27. The molecule has 0 aliphatic rings. The van der Waals surface area contributed by atoms with Crippen LogP contribution < -0.4 is 5.73 Å². The molecule has 0 bridgehead atoms. The van der Waals surface area contributed by atoms with E-state index in [9.17, 15) is 18.0 Å². The van der Waals surface area contributed by atoms with Crippen LogP contribution in [0.25, 0.3) is 0 Å². The molecule has 0 aromatic heterocycles. The molecule has 106 valence electrons. The van der Waals surface area contributed by atoms with Gasteiger partial charge < -0.3 is 10.8 Å². The molecule has 0 saturated carbocycles. The minimum absolute atomic E-state index is 0.0423. The smallest absolute Gasteiger partial charge is 0.416 e. The molecule has 0 fully saturated rings. The number of halogens is 4. The lowest BCUT2D eigenvalue weighted by Gasteiger charge is -2.17. The summed E-state index contributed by atoms with van der Waals surface area (Å²) < 4.78 is 37.3. The van der Waals surface area contributed by atoms with E-state index in [0.29, 0.717) is 5.56 Å². The average Bonchev–Trinajstić information content (AvgIpc) is 2.29. The Kier molecular flexibility index (Phi) is 4.81. The summed E-state index contributed by atoms with van der Waals surface area (Å²) in [4.78, 5) is 10.7. The van der Waals surface area contributed by atoms with Gasteiger partial charge in [0.2, 0.25) is 0 Å². The minimum atomic E-state index is -4.45. The fourth-order valence-corrected chi connectivity index (χ4v) is 1.86. The number of carboxylic acid groups (broad SMARTS) is 1. The monoisotopic (exact) mass is 295 g/mol. The number of hydrogen-bond donors (Lipinski definition) is 2. The van der Waals surface area contributed by atoms with E-state index in [1.54, 1.807) is 6.92 Å². The van der Waals surface area contributed by atoms with Crippen LogP contribution in [0, 0.1) is 5.92 Å². The van der Waals surface area contributed by atoms with Crippen LogP contribution in [0.3, 0.4) is 0 Å². The van der Waals surface area contributed by atoms with Crippen molar-refractivity contribution in [3.05, 3.63) is 34.3 Å². The van der Waals surface area contributed by atoms with Crippen molar-refractivity contribution < 1.29 is 23.1 Å². The summed E-state index contributed by atoms with van der Waals surface area (Å²) in [7, 11) is 0. The van der Waals surface area contributed by atoms with E-state index in [4.69, 9.17) is 22.4 Å². The Bertz CT molecular complexity index is 477. The van der Waals surface area contributed by atoms with E-state index in [0.717, 1.165) is 12.1 Å². The number of aliphatic carboxylic acids is 1. The van der Waals surface area contributed by atoms with Gasteiger partial charge in [0.15, 0.2) is 0 Å². The van der Waals surface area contributed by atoms with E-state index in [1.807, 2.05) is 0 Å². The van der Waals surface area contributed by atoms with Gasteiger partial charge in [-0.25, -0.2) is 0 Å². The van der Waals surface area contributed by atoms with Crippen LogP contribution in [0.5, 0.6) is 0 Å². The lowest BCUT2D eigenvalue weighted by atomic mass is 9.94. The van der Waals surface area contributed by atoms with Crippen molar-refractivity contribution >= 4 is 17.6 Å². The van der Waals surface area contributed by atoms with Gasteiger partial charge in [0.25, 0.3) is 0 Å². The second-order valence-electron chi connectivity index (χ2n) is 4.35. The predicted octanol–water partition coefficient (Wildman–Crippen LogP) is 2.95. The molecule has 0 aliphatic carbocycles. The maximum absolute atomic E-state index is 12.4. The van der Waals surface area contributed by atoms with Crippen LogP contribution >= 0.6 is 11.6 Å². The van der Waals surface area contributed by atoms with Gasteiger partial charge in [-0.2, -0.15) is 13.2 Å². The van der Waals surface area contributed by atoms with Crippen molar-refractivity contribution in [3.63, 3.8) is 0 Å². The standard InChI is InChI=1S/C12H13ClF3NO2/c1-6(10(17)11(18)19)4-7-2-3-8(5-9(7)13)12(14,15)16/h2-3,5-6,10H,4,17H2,1H3,(H,18,19)/t6?,10-/m1/s1. The molecule has 0 aliphatic heterocycles. The highest BCUT2D eigenvalue weighted by Gasteiger charge is 2.31. The van der Waals surface area contributed by atoms with Gasteiger partial charge in [-0.1, -0.05) is 24.6 Å². The Morgan fingerprint density at radius 3 is 2.47 bits per heavy atom. The highest BCUT2D eigenvalue weighted by Crippen LogP contribution is 2.32. The van der Waals surface area contributed by atoms with Gasteiger partial charge in [-0.3, -0.25) is 4.79 Å². The first kappa shape index (κ1) is 15.8. The Balaban J connectivity index is 2.89. The van der Waals surface area contributed by atoms with E-state index >= 15 is 0 Å². The van der Waals surface area contributed by atoms with Crippen LogP contribution in [0.4, 0.5) is 13.2 Å². The number of nitrogens with two attached hydrogens (primary N) is 1. The molecule has 1 unspecified atom stereocenters. The number of benzene rings is 1. The molecule has 7 heteroatoms. The van der Waals surface area contributed by atoms with Gasteiger partial charge in [0.1, 0.15) is 6.04 Å². The van der Waals surface area contributed by atoms with Crippen LogP contribution in [0.1, 0.15) is 18.1 Å². The van der Waals surface area contributed by atoms with E-state index < -0.39 is 29.7 Å². The molecule has 0 saturated heterocycles. The first-order valence-corrected chi connectivity index (χ1v) is 5.84. The van der Waals surface area contributed by atoms with Gasteiger partial charge in [0.05, 0.1) is 5.56 Å². The van der Waals surface area contributed by atoms with Gasteiger partial charge >= 0.3 is 12.1 Å². The van der Waals surface area contributed by atoms with Gasteiger partial charge in [-0.15, -0.1) is 0 Å². The normalized spacial score (nSPS) is 15.1. The maximum Gasteiger partial charge on any atom is 0.416 e. The van der Waals surface area contributed by atoms with Crippen molar-refractivity contribution in [2.24, 2.45) is 11.7 Å². The molecular formula is C12H13ClF3NO2. The molecule has 0 amide bonds. The summed E-state index contributed by atoms with van der Waals surface area (Å²) in [6.45, 7) is 1.60. The van der Waals surface area contributed by atoms with Crippen LogP contribution in [-0.4, -0.2) is 17.1 Å². The second-order valence-corrected chi connectivity index (χ2v) is 4.76. The third-order valence-electron chi connectivity index (χ3n) is 2.82. The molecule has 1 rings (SSSR count). The van der Waals surface area contributed by atoms with E-state index in [2.05, 4.69) is 0 Å². The summed E-state index contributed by atoms with van der Waals surface area (Å²) in [6.07, 6.45) is -4.25. The van der Waals surface area contributed by atoms with Gasteiger partial charge in [-0.05, 0) is 30.0 Å². The minimum Gasteiger partial charge on any atom is -0.480 e. The van der Waals surface area contributed by atoms with E-state index in [1.165, 1.54) is 6.07 Å². The summed E-state index contributed by atoms with van der Waals surface area (Å²) in [5.74, 6) is -1.60. The van der Waals surface area contributed by atoms with Crippen molar-refractivity contribution in [3.8, 4) is 0 Å². The fourth-order valence-electron chi connectivity index (χ4n) is 1.61. The lowest BCUT2D eigenvalue weighted by molar-refractivity contribution is -0.139. The molecule has 0 heterocycles. The van der Waals surface area contributed by atoms with Crippen LogP contribution in [0.15, 0.2) is 18.2 Å². The largest absolute Gasteiger partial charge is 0.480 e. The maximum atomic E-state index is 12.4. The number of alkyl halides is 3. The topological polar surface area (TPSA) is 63.3 Å². The van der Waals surface area contributed by atoms with Gasteiger partial charge in [0, 0.05) is 5.02 Å². The molecule has 19 heavy (non-hydrogen) atoms. The summed E-state index contributed by atoms with van der Waals surface area (Å²) >= 11 is 5.78. The first-order valence-electron chi connectivity index (χ1n) is 5.47. The second kappa shape index (κ2) is 5.79. The highest BCUT2D eigenvalue weighted by atomic mass is 35.5. The van der Waals surface area contributed by atoms with E-state index in [-0.39, 0.29) is 11.4 Å². The lowest BCUT2D eigenvalue weighted by Crippen LogP contribution is -2.37. The van der Waals surface area contributed by atoms with Crippen molar-refractivity contribution in [2.45, 2.75) is 25.6 Å². The van der Waals surface area contributed by atoms with Crippen LogP contribution in [-0.2, 0) is 17.4 Å². The first-order chi connectivity index (χ1) is 8.62. The predicted molar refractivity (Wildman–Crippen MR) is 64.9 cm³/mol. The Labute approximate surface area is 113 Å². The number of carboxylic acids is 1. The van der Waals surface area contributed by atoms with Crippen LogP contribution in [0.2, 0.25) is 5.02 Å². The third kappa shape index (κ3) is 4.11. The van der Waals surface area contributed by atoms with Crippen molar-refractivity contribution in [1.82, 2.24) is 0 Å². The number of hydrogen-bond acceptors (Lipinski definition) is 2. The molecule has 1 aromatic carbocycles. The Morgan fingerprint density at radius 1 is 1.47 bits per heavy atom. The summed E-state index contributed by atoms with van der Waals surface area (Å²) in [5.41, 5.74) is 5.04. The van der Waals surface area contributed by atoms with Crippen molar-refractivity contribution in [1.29, 1.82) is 0 Å². The zero-order valence-corrected chi connectivity index (χ0v) is 10.8. The Morgan fingerprint density at radius 2 is 2.05 bits per heavy atom. The summed E-state index contributed by atoms with van der Waals surface area (Å²) in [5, 5.41) is 8.70. The zero-order chi connectivity index (χ0) is 14.8. The highest BCUT2D eigenvalue weighted by molar-refractivity contribution is 6.31. The fraction of sp³-hybridized carbons (Fsp3) is 0.417. The molecule has 3 N–H and O–H groups in total. The molecule has 3 nitrogen and oxygen atoms in total. The molecule has 1 aromatic rings. The molecule has 0 spiro atoms. The SMILES string of the molecule is CC(Cc1ccc(C(F)(F)F)cc1Cl)[C@@H](N)C(=O)O.